The number of rotatable bonds is 4. The molecule has 0 spiro atoms. The van der Waals surface area contributed by atoms with E-state index >= 15 is 0 Å². The normalized spacial score (nSPS) is 23.3. The van der Waals surface area contributed by atoms with Crippen LogP contribution < -0.4 is 10.6 Å². The summed E-state index contributed by atoms with van der Waals surface area (Å²) >= 11 is 0. The molecule has 1 aromatic rings. The molecule has 2 rings (SSSR count). The molecule has 0 amide bonds. The van der Waals surface area contributed by atoms with Crippen LogP contribution >= 0.6 is 0 Å². The van der Waals surface area contributed by atoms with Crippen molar-refractivity contribution in [1.82, 2.24) is 5.32 Å². The van der Waals surface area contributed by atoms with E-state index in [1.807, 2.05) is 24.3 Å². The summed E-state index contributed by atoms with van der Waals surface area (Å²) in [6.07, 6.45) is 5.22. The van der Waals surface area contributed by atoms with Crippen LogP contribution in [-0.2, 0) is 0 Å². The highest BCUT2D eigenvalue weighted by atomic mass is 14.9. The smallest absolute Gasteiger partial charge is 0.0991 e. The van der Waals surface area contributed by atoms with Crippen LogP contribution in [0.25, 0.3) is 0 Å². The summed E-state index contributed by atoms with van der Waals surface area (Å²) in [7, 11) is 2.06. The molecule has 1 aliphatic rings. The molecule has 2 atom stereocenters. The Morgan fingerprint density at radius 2 is 2.06 bits per heavy atom. The van der Waals surface area contributed by atoms with Gasteiger partial charge in [-0.25, -0.2) is 0 Å². The summed E-state index contributed by atoms with van der Waals surface area (Å²) in [6, 6.07) is 10.5. The van der Waals surface area contributed by atoms with Crippen molar-refractivity contribution >= 4 is 5.69 Å². The van der Waals surface area contributed by atoms with Crippen molar-refractivity contribution in [3.63, 3.8) is 0 Å². The van der Waals surface area contributed by atoms with Gasteiger partial charge in [-0.3, -0.25) is 0 Å². The van der Waals surface area contributed by atoms with Gasteiger partial charge in [0.15, 0.2) is 0 Å². The molecule has 0 radical (unpaired) electrons. The van der Waals surface area contributed by atoms with Crippen LogP contribution in [0.4, 0.5) is 5.69 Å². The Hall–Kier alpha value is -1.53. The van der Waals surface area contributed by atoms with E-state index < -0.39 is 0 Å². The van der Waals surface area contributed by atoms with E-state index in [4.69, 9.17) is 5.26 Å². The standard InChI is InChI=1S/C15H21N3/c1-17-15-4-2-3-13(9-15)11-18-14-7-5-12(10-16)6-8-14/h5-8,13,15,17-18H,2-4,9,11H2,1H3. The maximum Gasteiger partial charge on any atom is 0.0991 e. The molecule has 1 fully saturated rings. The van der Waals surface area contributed by atoms with E-state index in [1.54, 1.807) is 0 Å². The number of nitrogens with zero attached hydrogens (tertiary/aromatic N) is 1. The van der Waals surface area contributed by atoms with Gasteiger partial charge in [0.2, 0.25) is 0 Å². The van der Waals surface area contributed by atoms with Gasteiger partial charge in [-0.15, -0.1) is 0 Å². The predicted molar refractivity (Wildman–Crippen MR) is 74.5 cm³/mol. The first-order valence-corrected chi connectivity index (χ1v) is 6.73. The number of benzene rings is 1. The minimum atomic E-state index is 0.687. The van der Waals surface area contributed by atoms with E-state index in [2.05, 4.69) is 23.8 Å². The highest BCUT2D eigenvalue weighted by molar-refractivity contribution is 5.47. The zero-order valence-corrected chi connectivity index (χ0v) is 10.9. The number of anilines is 1. The van der Waals surface area contributed by atoms with Gasteiger partial charge < -0.3 is 10.6 Å². The molecule has 18 heavy (non-hydrogen) atoms. The number of nitrogens with one attached hydrogen (secondary N) is 2. The topological polar surface area (TPSA) is 47.8 Å². The Kier molecular flexibility index (Phi) is 4.60. The van der Waals surface area contributed by atoms with E-state index in [-0.39, 0.29) is 0 Å². The summed E-state index contributed by atoms with van der Waals surface area (Å²) in [6.45, 7) is 1.03. The monoisotopic (exact) mass is 243 g/mol. The average Bonchev–Trinajstić information content (AvgIpc) is 2.46. The van der Waals surface area contributed by atoms with Gasteiger partial charge in [-0.2, -0.15) is 5.26 Å². The number of hydrogen-bond donors (Lipinski definition) is 2. The minimum Gasteiger partial charge on any atom is -0.385 e. The molecule has 3 heteroatoms. The second-order valence-electron chi connectivity index (χ2n) is 5.09. The largest absolute Gasteiger partial charge is 0.385 e. The highest BCUT2D eigenvalue weighted by Crippen LogP contribution is 2.24. The fourth-order valence-corrected chi connectivity index (χ4v) is 2.66. The van der Waals surface area contributed by atoms with E-state index in [9.17, 15) is 0 Å². The second-order valence-corrected chi connectivity index (χ2v) is 5.09. The first-order valence-electron chi connectivity index (χ1n) is 6.73. The fraction of sp³-hybridized carbons (Fsp3) is 0.533. The van der Waals surface area contributed by atoms with Crippen molar-refractivity contribution in [3.05, 3.63) is 29.8 Å². The van der Waals surface area contributed by atoms with E-state index in [1.165, 1.54) is 25.7 Å². The lowest BCUT2D eigenvalue weighted by Crippen LogP contribution is -2.33. The third-order valence-electron chi connectivity index (χ3n) is 3.80. The number of hydrogen-bond acceptors (Lipinski definition) is 3. The van der Waals surface area contributed by atoms with E-state index in [0.29, 0.717) is 11.6 Å². The molecule has 0 bridgehead atoms. The van der Waals surface area contributed by atoms with Crippen LogP contribution in [0.5, 0.6) is 0 Å². The second kappa shape index (κ2) is 6.42. The Labute approximate surface area is 109 Å². The Balaban J connectivity index is 1.81. The maximum absolute atomic E-state index is 8.74. The average molecular weight is 243 g/mol. The molecule has 0 aromatic heterocycles. The van der Waals surface area contributed by atoms with Gasteiger partial charge in [0.05, 0.1) is 11.6 Å². The Bertz CT molecular complexity index is 405. The van der Waals surface area contributed by atoms with Gasteiger partial charge in [-0.1, -0.05) is 6.42 Å². The molecule has 2 unspecified atom stereocenters. The summed E-state index contributed by atoms with van der Waals surface area (Å²) in [5, 5.41) is 15.6. The van der Waals surface area contributed by atoms with Gasteiger partial charge in [-0.05, 0) is 56.5 Å². The van der Waals surface area contributed by atoms with Crippen molar-refractivity contribution < 1.29 is 0 Å². The van der Waals surface area contributed by atoms with Crippen molar-refractivity contribution in [2.75, 3.05) is 18.9 Å². The van der Waals surface area contributed by atoms with Crippen molar-refractivity contribution in [2.45, 2.75) is 31.7 Å². The molecule has 0 saturated heterocycles. The Morgan fingerprint density at radius 3 is 2.72 bits per heavy atom. The van der Waals surface area contributed by atoms with Crippen molar-refractivity contribution in [3.8, 4) is 6.07 Å². The van der Waals surface area contributed by atoms with E-state index in [0.717, 1.165) is 18.2 Å². The molecule has 2 N–H and O–H groups in total. The van der Waals surface area contributed by atoms with Crippen molar-refractivity contribution in [1.29, 1.82) is 5.26 Å². The van der Waals surface area contributed by atoms with Crippen LogP contribution in [0.1, 0.15) is 31.2 Å². The zero-order valence-electron chi connectivity index (χ0n) is 10.9. The first-order chi connectivity index (χ1) is 8.81. The highest BCUT2D eigenvalue weighted by Gasteiger charge is 2.20. The van der Waals surface area contributed by atoms with Gasteiger partial charge in [0.25, 0.3) is 0 Å². The molecule has 0 aliphatic heterocycles. The third kappa shape index (κ3) is 3.48. The lowest BCUT2D eigenvalue weighted by atomic mass is 9.85. The molecule has 1 aliphatic carbocycles. The lowest BCUT2D eigenvalue weighted by molar-refractivity contribution is 0.306. The van der Waals surface area contributed by atoms with Gasteiger partial charge in [0, 0.05) is 18.3 Å². The SMILES string of the molecule is CNC1CCCC(CNc2ccc(C#N)cc2)C1. The third-order valence-corrected chi connectivity index (χ3v) is 3.80. The Morgan fingerprint density at radius 1 is 1.28 bits per heavy atom. The summed E-state index contributed by atoms with van der Waals surface area (Å²) in [5.74, 6) is 0.756. The maximum atomic E-state index is 8.74. The molecular formula is C15H21N3. The van der Waals surface area contributed by atoms with Crippen LogP contribution in [0.2, 0.25) is 0 Å². The summed E-state index contributed by atoms with van der Waals surface area (Å²) in [4.78, 5) is 0. The van der Waals surface area contributed by atoms with Crippen LogP contribution in [0.15, 0.2) is 24.3 Å². The zero-order chi connectivity index (χ0) is 12.8. The summed E-state index contributed by atoms with van der Waals surface area (Å²) < 4.78 is 0. The van der Waals surface area contributed by atoms with Gasteiger partial charge >= 0.3 is 0 Å². The lowest BCUT2D eigenvalue weighted by Gasteiger charge is -2.29. The summed E-state index contributed by atoms with van der Waals surface area (Å²) in [5.41, 5.74) is 1.83. The first kappa shape index (κ1) is 12.9. The molecule has 1 saturated carbocycles. The molecule has 96 valence electrons. The predicted octanol–water partition coefficient (Wildman–Crippen LogP) is 2.75. The van der Waals surface area contributed by atoms with Crippen LogP contribution in [0.3, 0.4) is 0 Å². The van der Waals surface area contributed by atoms with Crippen LogP contribution in [0, 0.1) is 17.2 Å². The molecule has 1 aromatic carbocycles. The molecule has 0 heterocycles. The molecular weight excluding hydrogens is 222 g/mol. The van der Waals surface area contributed by atoms with Crippen molar-refractivity contribution in [2.24, 2.45) is 5.92 Å². The quantitative estimate of drug-likeness (QED) is 0.855. The molecule has 3 nitrogen and oxygen atoms in total. The van der Waals surface area contributed by atoms with Gasteiger partial charge in [0.1, 0.15) is 0 Å². The fourth-order valence-electron chi connectivity index (χ4n) is 2.66. The number of nitriles is 1. The minimum absolute atomic E-state index is 0.687. The van der Waals surface area contributed by atoms with Crippen LogP contribution in [-0.4, -0.2) is 19.6 Å².